The van der Waals surface area contributed by atoms with E-state index in [0.29, 0.717) is 24.5 Å². The molecule has 4 aromatic rings. The van der Waals surface area contributed by atoms with Crippen LogP contribution in [0.3, 0.4) is 0 Å². The summed E-state index contributed by atoms with van der Waals surface area (Å²) in [7, 11) is 7.33. The van der Waals surface area contributed by atoms with Gasteiger partial charge in [-0.1, -0.05) is 41.6 Å². The molecule has 1 atom stereocenters. The molecule has 0 aliphatic heterocycles. The maximum absolute atomic E-state index is 6.23. The summed E-state index contributed by atoms with van der Waals surface area (Å²) < 4.78 is 17.3. The first kappa shape index (κ1) is 28.1. The van der Waals surface area contributed by atoms with Crippen LogP contribution in [0.1, 0.15) is 29.2 Å². The highest BCUT2D eigenvalue weighted by Gasteiger charge is 2.32. The van der Waals surface area contributed by atoms with Crippen molar-refractivity contribution >= 4 is 29.0 Å². The van der Waals surface area contributed by atoms with Crippen LogP contribution in [-0.2, 0) is 4.84 Å². The van der Waals surface area contributed by atoms with E-state index in [4.69, 9.17) is 24.2 Å². The Balaban J connectivity index is 0.00000353. The molecule has 7 nitrogen and oxygen atoms in total. The zero-order valence-electron chi connectivity index (χ0n) is 22.7. The summed E-state index contributed by atoms with van der Waals surface area (Å²) in [4.78, 5) is 11.9. The normalized spacial score (nSPS) is 13.5. The van der Waals surface area contributed by atoms with Crippen molar-refractivity contribution in [3.8, 4) is 28.5 Å². The lowest BCUT2D eigenvalue weighted by molar-refractivity contribution is 0.0610. The molecule has 39 heavy (non-hydrogen) atoms. The molecule has 0 amide bonds. The summed E-state index contributed by atoms with van der Waals surface area (Å²) in [5, 5.41) is 5.79. The van der Waals surface area contributed by atoms with Crippen LogP contribution in [-0.4, -0.2) is 57.1 Å². The van der Waals surface area contributed by atoms with Gasteiger partial charge in [0.15, 0.2) is 17.6 Å². The number of hydrogen-bond donors (Lipinski definition) is 1. The fraction of sp³-hybridized carbons (Fsp3) is 0.258. The number of nitrogens with zero attached hydrogens (tertiary/aromatic N) is 2. The molecular weight excluding hydrogens is 514 g/mol. The fourth-order valence-electron chi connectivity index (χ4n) is 4.74. The quantitative estimate of drug-likeness (QED) is 0.149. The molecule has 0 saturated heterocycles. The predicted octanol–water partition coefficient (Wildman–Crippen LogP) is 6.61. The molecule has 0 radical (unpaired) electrons. The number of H-pyrrole nitrogens is 1. The van der Waals surface area contributed by atoms with E-state index in [2.05, 4.69) is 22.5 Å². The number of nitrogens with one attached hydrogen (secondary N) is 1. The van der Waals surface area contributed by atoms with Gasteiger partial charge in [0.25, 0.3) is 0 Å². The van der Waals surface area contributed by atoms with Gasteiger partial charge in [0.05, 0.1) is 19.9 Å². The van der Waals surface area contributed by atoms with Crippen molar-refractivity contribution in [2.45, 2.75) is 12.5 Å². The molecule has 5 rings (SSSR count). The summed E-state index contributed by atoms with van der Waals surface area (Å²) in [5.74, 6) is 2.09. The summed E-state index contributed by atoms with van der Waals surface area (Å²) in [5.41, 5.74) is 6.59. The van der Waals surface area contributed by atoms with E-state index in [1.165, 1.54) is 0 Å². The summed E-state index contributed by atoms with van der Waals surface area (Å²) in [6.07, 6.45) is 2.22. The minimum absolute atomic E-state index is 0. The van der Waals surface area contributed by atoms with Crippen LogP contribution in [0.2, 0.25) is 0 Å². The van der Waals surface area contributed by atoms with E-state index < -0.39 is 0 Å². The van der Waals surface area contributed by atoms with Crippen LogP contribution in [0.4, 0.5) is 0 Å². The van der Waals surface area contributed by atoms with Gasteiger partial charge in [-0.2, -0.15) is 0 Å². The van der Waals surface area contributed by atoms with Crippen molar-refractivity contribution in [3.05, 3.63) is 90.0 Å². The third-order valence-electron chi connectivity index (χ3n) is 6.69. The minimum atomic E-state index is -0.260. The van der Waals surface area contributed by atoms with Gasteiger partial charge in [-0.25, -0.2) is 0 Å². The van der Waals surface area contributed by atoms with Crippen LogP contribution in [0.25, 0.3) is 22.2 Å². The number of benzene rings is 3. The molecule has 1 unspecified atom stereocenters. The fourth-order valence-corrected chi connectivity index (χ4v) is 4.74. The Labute approximate surface area is 235 Å². The Morgan fingerprint density at radius 3 is 2.36 bits per heavy atom. The molecule has 8 heteroatoms. The number of fused-ring (bicyclic) bond motifs is 5. The van der Waals surface area contributed by atoms with E-state index in [0.717, 1.165) is 56.9 Å². The van der Waals surface area contributed by atoms with Crippen molar-refractivity contribution in [1.29, 1.82) is 0 Å². The Hall–Kier alpha value is -3.94. The number of rotatable bonds is 11. The van der Waals surface area contributed by atoms with E-state index in [9.17, 15) is 0 Å². The molecule has 0 spiro atoms. The van der Waals surface area contributed by atoms with Crippen LogP contribution < -0.4 is 14.2 Å². The molecule has 1 aliphatic rings. The zero-order chi connectivity index (χ0) is 26.6. The smallest absolute Gasteiger partial charge is 0.161 e. The molecular formula is C31H34ClN3O4. The number of hydrogen-bond acceptors (Lipinski definition) is 6. The highest BCUT2D eigenvalue weighted by Crippen LogP contribution is 2.46. The number of aromatic amines is 1. The highest BCUT2D eigenvalue weighted by molar-refractivity contribution is 6.30. The average Bonchev–Trinajstić information content (AvgIpc) is 3.44. The van der Waals surface area contributed by atoms with Gasteiger partial charge in [-0.3, -0.25) is 0 Å². The number of aromatic nitrogens is 1. The largest absolute Gasteiger partial charge is 0.493 e. The maximum atomic E-state index is 6.23. The molecule has 0 fully saturated rings. The van der Waals surface area contributed by atoms with Crippen LogP contribution in [0, 0.1) is 0 Å². The number of methoxy groups -OCH3 is 2. The van der Waals surface area contributed by atoms with E-state index in [-0.39, 0.29) is 18.5 Å². The summed E-state index contributed by atoms with van der Waals surface area (Å²) >= 11 is 0. The van der Waals surface area contributed by atoms with Gasteiger partial charge in [0.1, 0.15) is 18.1 Å². The predicted molar refractivity (Wildman–Crippen MR) is 159 cm³/mol. The topological polar surface area (TPSA) is 68.3 Å². The lowest BCUT2D eigenvalue weighted by Crippen LogP contribution is -2.19. The van der Waals surface area contributed by atoms with Gasteiger partial charge in [0, 0.05) is 40.6 Å². The van der Waals surface area contributed by atoms with Crippen LogP contribution in [0.5, 0.6) is 17.2 Å². The monoisotopic (exact) mass is 547 g/mol. The Bertz CT molecular complexity index is 1480. The van der Waals surface area contributed by atoms with E-state index in [1.807, 2.05) is 74.8 Å². The SMILES string of the molecule is C=CCC(O/N=C1\c2cc(OC)c(OC)cc2-c2[nH]c3ccc(OCCN(C)C)cc3c21)c1ccccc1.Cl. The summed E-state index contributed by atoms with van der Waals surface area (Å²) in [6, 6.07) is 20.1. The Morgan fingerprint density at radius 1 is 0.974 bits per heavy atom. The van der Waals surface area contributed by atoms with E-state index >= 15 is 0 Å². The number of halogens is 1. The third-order valence-corrected chi connectivity index (χ3v) is 6.69. The molecule has 0 saturated carbocycles. The van der Waals surface area contributed by atoms with Gasteiger partial charge >= 0.3 is 0 Å². The highest BCUT2D eigenvalue weighted by atomic mass is 35.5. The van der Waals surface area contributed by atoms with Crippen molar-refractivity contribution in [2.75, 3.05) is 41.5 Å². The minimum Gasteiger partial charge on any atom is -0.493 e. The lowest BCUT2D eigenvalue weighted by Gasteiger charge is -2.15. The van der Waals surface area contributed by atoms with E-state index in [1.54, 1.807) is 14.2 Å². The van der Waals surface area contributed by atoms with Gasteiger partial charge in [-0.05, 0) is 50.0 Å². The van der Waals surface area contributed by atoms with Crippen LogP contribution in [0.15, 0.2) is 78.5 Å². The standard InChI is InChI=1S/C31H33N3O4.ClH/c1-6-10-26(20-11-8-7-9-12-20)38-33-31-23-19-28(36-5)27(35-4)18-22(23)30-29(31)24-17-21(13-14-25(24)32-30)37-16-15-34(2)3;/h6-9,11-14,17-19,26,32H,1,10,15-16H2,2-5H3;1H/b33-31+;. The van der Waals surface area contributed by atoms with Crippen molar-refractivity contribution in [2.24, 2.45) is 5.16 Å². The van der Waals surface area contributed by atoms with Crippen molar-refractivity contribution in [3.63, 3.8) is 0 Å². The molecule has 3 aromatic carbocycles. The summed E-state index contributed by atoms with van der Waals surface area (Å²) in [6.45, 7) is 5.35. The maximum Gasteiger partial charge on any atom is 0.161 e. The number of likely N-dealkylation sites (N-methyl/N-ethyl adjacent to an activating group) is 1. The molecule has 1 aromatic heterocycles. The first-order valence-corrected chi connectivity index (χ1v) is 12.6. The second kappa shape index (κ2) is 12.3. The second-order valence-electron chi connectivity index (χ2n) is 9.46. The number of ether oxygens (including phenoxy) is 3. The van der Waals surface area contributed by atoms with Gasteiger partial charge < -0.3 is 28.9 Å². The molecule has 1 N–H and O–H groups in total. The van der Waals surface area contributed by atoms with Crippen molar-refractivity contribution < 1.29 is 19.0 Å². The second-order valence-corrected chi connectivity index (χ2v) is 9.46. The zero-order valence-corrected chi connectivity index (χ0v) is 23.5. The Kier molecular flexibility index (Phi) is 8.84. The molecule has 1 heterocycles. The van der Waals surface area contributed by atoms with Crippen LogP contribution >= 0.6 is 12.4 Å². The molecule has 0 bridgehead atoms. The molecule has 1 aliphatic carbocycles. The first-order chi connectivity index (χ1) is 18.5. The van der Waals surface area contributed by atoms with Gasteiger partial charge in [0.2, 0.25) is 0 Å². The third kappa shape index (κ3) is 5.60. The number of oxime groups is 1. The first-order valence-electron chi connectivity index (χ1n) is 12.6. The van der Waals surface area contributed by atoms with Crippen molar-refractivity contribution in [1.82, 2.24) is 9.88 Å². The molecule has 204 valence electrons. The average molecular weight is 548 g/mol. The lowest BCUT2D eigenvalue weighted by atomic mass is 10.1. The van der Waals surface area contributed by atoms with Gasteiger partial charge in [-0.15, -0.1) is 19.0 Å². The Morgan fingerprint density at radius 2 is 1.69 bits per heavy atom.